The maximum atomic E-state index is 12.9. The molecule has 0 aliphatic carbocycles. The minimum absolute atomic E-state index is 0.273. The summed E-state index contributed by atoms with van der Waals surface area (Å²) in [5.41, 5.74) is 0.611. The van der Waals surface area contributed by atoms with Gasteiger partial charge in [-0.05, 0) is 18.6 Å². The molecule has 0 amide bonds. The summed E-state index contributed by atoms with van der Waals surface area (Å²) in [6.45, 7) is 14.6. The molecule has 22 heavy (non-hydrogen) atoms. The molecule has 1 rings (SSSR count). The average molecular weight is 315 g/mol. The van der Waals surface area contributed by atoms with E-state index < -0.39 is 0 Å². The van der Waals surface area contributed by atoms with Crippen LogP contribution in [0.15, 0.2) is 18.2 Å². The Bertz CT molecular complexity index is 301. The Balaban J connectivity index is -0.000000257. The third kappa shape index (κ3) is 17.0. The van der Waals surface area contributed by atoms with Crippen molar-refractivity contribution in [1.29, 1.82) is 0 Å². The Morgan fingerprint density at radius 2 is 1.27 bits per heavy atom. The molecule has 0 N–H and O–H groups in total. The predicted molar refractivity (Wildman–Crippen MR) is 99.4 cm³/mol. The van der Waals surface area contributed by atoms with Gasteiger partial charge in [0.1, 0.15) is 0 Å². The van der Waals surface area contributed by atoms with E-state index in [-0.39, 0.29) is 5.82 Å². The van der Waals surface area contributed by atoms with Gasteiger partial charge in [-0.1, -0.05) is 92.2 Å². The number of benzene rings is 1. The van der Waals surface area contributed by atoms with Crippen LogP contribution in [-0.2, 0) is 0 Å². The molecule has 0 unspecified atom stereocenters. The molecule has 0 spiro atoms. The summed E-state index contributed by atoms with van der Waals surface area (Å²) >= 11 is 0. The molecular weight excluding hydrogens is 275 g/mol. The SMILES string of the molecule is CC.CCCCC.CCCCC.COc1cccc(C)c1F. The molecule has 2 heteroatoms. The topological polar surface area (TPSA) is 9.23 Å². The van der Waals surface area contributed by atoms with Crippen LogP contribution in [0.1, 0.15) is 85.6 Å². The van der Waals surface area contributed by atoms with Gasteiger partial charge in [0, 0.05) is 0 Å². The lowest BCUT2D eigenvalue weighted by atomic mass is 10.2. The van der Waals surface area contributed by atoms with Crippen molar-refractivity contribution in [2.75, 3.05) is 7.11 Å². The normalized spacial score (nSPS) is 8.41. The Morgan fingerprint density at radius 1 is 0.864 bits per heavy atom. The molecule has 1 nitrogen and oxygen atoms in total. The Hall–Kier alpha value is -1.05. The summed E-state index contributed by atoms with van der Waals surface area (Å²) in [6, 6.07) is 5.07. The maximum absolute atomic E-state index is 12.9. The van der Waals surface area contributed by atoms with Gasteiger partial charge >= 0.3 is 0 Å². The summed E-state index contributed by atoms with van der Waals surface area (Å²) in [5.74, 6) is 0.0324. The number of hydrogen-bond donors (Lipinski definition) is 0. The number of methoxy groups -OCH3 is 1. The van der Waals surface area contributed by atoms with Crippen LogP contribution in [0.4, 0.5) is 4.39 Å². The highest BCUT2D eigenvalue weighted by Gasteiger charge is 2.02. The standard InChI is InChI=1S/C8H9FO.2C5H12.C2H6/c1-6-4-3-5-7(10-2)8(6)9;2*1-3-5-4-2;1-2/h3-5H,1-2H3;2*3-5H2,1-2H3;1-2H3. The smallest absolute Gasteiger partial charge is 0.167 e. The van der Waals surface area contributed by atoms with Gasteiger partial charge in [0.05, 0.1) is 7.11 Å². The predicted octanol–water partition coefficient (Wildman–Crippen LogP) is 7.56. The van der Waals surface area contributed by atoms with E-state index in [0.717, 1.165) is 0 Å². The second kappa shape index (κ2) is 22.2. The summed E-state index contributed by atoms with van der Waals surface area (Å²) in [4.78, 5) is 0. The highest BCUT2D eigenvalue weighted by Crippen LogP contribution is 2.18. The molecule has 0 aliphatic rings. The lowest BCUT2D eigenvalue weighted by molar-refractivity contribution is 0.385. The van der Waals surface area contributed by atoms with Crippen molar-refractivity contribution in [2.24, 2.45) is 0 Å². The van der Waals surface area contributed by atoms with Gasteiger partial charge in [0.2, 0.25) is 0 Å². The number of halogens is 1. The van der Waals surface area contributed by atoms with Crippen LogP contribution in [-0.4, -0.2) is 7.11 Å². The maximum Gasteiger partial charge on any atom is 0.167 e. The second-order valence-corrected chi connectivity index (χ2v) is 4.80. The van der Waals surface area contributed by atoms with E-state index in [1.54, 1.807) is 25.1 Å². The molecule has 132 valence electrons. The molecule has 0 aromatic heterocycles. The van der Waals surface area contributed by atoms with E-state index in [0.29, 0.717) is 11.3 Å². The first kappa shape index (κ1) is 25.9. The molecule has 0 fully saturated rings. The summed E-state index contributed by atoms with van der Waals surface area (Å²) in [7, 11) is 1.46. The van der Waals surface area contributed by atoms with E-state index in [2.05, 4.69) is 27.7 Å². The Morgan fingerprint density at radius 3 is 1.50 bits per heavy atom. The summed E-state index contributed by atoms with van der Waals surface area (Å²) in [5, 5.41) is 0. The largest absolute Gasteiger partial charge is 0.494 e. The van der Waals surface area contributed by atoms with Gasteiger partial charge in [-0.3, -0.25) is 0 Å². The van der Waals surface area contributed by atoms with E-state index in [9.17, 15) is 4.39 Å². The number of ether oxygens (including phenoxy) is 1. The van der Waals surface area contributed by atoms with Gasteiger partial charge < -0.3 is 4.74 Å². The van der Waals surface area contributed by atoms with Crippen molar-refractivity contribution in [3.8, 4) is 5.75 Å². The zero-order chi connectivity index (χ0) is 17.8. The third-order valence-electron chi connectivity index (χ3n) is 2.79. The fourth-order valence-corrected chi connectivity index (χ4v) is 1.49. The van der Waals surface area contributed by atoms with Gasteiger partial charge in [0.25, 0.3) is 0 Å². The van der Waals surface area contributed by atoms with Crippen molar-refractivity contribution in [3.63, 3.8) is 0 Å². The van der Waals surface area contributed by atoms with E-state index >= 15 is 0 Å². The number of aryl methyl sites for hydroxylation is 1. The van der Waals surface area contributed by atoms with E-state index in [1.807, 2.05) is 13.8 Å². The van der Waals surface area contributed by atoms with Crippen LogP contribution in [0, 0.1) is 12.7 Å². The van der Waals surface area contributed by atoms with Crippen LogP contribution in [0.3, 0.4) is 0 Å². The van der Waals surface area contributed by atoms with Crippen molar-refractivity contribution >= 4 is 0 Å². The summed E-state index contributed by atoms with van der Waals surface area (Å²) in [6.07, 6.45) is 8.15. The number of rotatable bonds is 5. The van der Waals surface area contributed by atoms with Crippen LogP contribution in [0.25, 0.3) is 0 Å². The van der Waals surface area contributed by atoms with Crippen molar-refractivity contribution in [3.05, 3.63) is 29.6 Å². The van der Waals surface area contributed by atoms with Gasteiger partial charge in [-0.25, -0.2) is 4.39 Å². The van der Waals surface area contributed by atoms with Crippen LogP contribution in [0.2, 0.25) is 0 Å². The fourth-order valence-electron chi connectivity index (χ4n) is 1.49. The van der Waals surface area contributed by atoms with Crippen molar-refractivity contribution in [1.82, 2.24) is 0 Å². The molecule has 0 heterocycles. The first-order valence-electron chi connectivity index (χ1n) is 8.87. The van der Waals surface area contributed by atoms with Crippen LogP contribution in [0.5, 0.6) is 5.75 Å². The second-order valence-electron chi connectivity index (χ2n) is 4.80. The Labute approximate surface area is 139 Å². The molecule has 0 bridgehead atoms. The molecule has 1 aromatic carbocycles. The van der Waals surface area contributed by atoms with Crippen LogP contribution < -0.4 is 4.74 Å². The Kier molecular flexibility index (Phi) is 26.2. The molecular formula is C20H39FO. The first-order chi connectivity index (χ1) is 10.6. The summed E-state index contributed by atoms with van der Waals surface area (Å²) < 4.78 is 17.6. The zero-order valence-corrected chi connectivity index (χ0v) is 16.3. The minimum Gasteiger partial charge on any atom is -0.494 e. The molecule has 0 atom stereocenters. The van der Waals surface area contributed by atoms with Gasteiger partial charge in [-0.2, -0.15) is 0 Å². The van der Waals surface area contributed by atoms with Gasteiger partial charge in [-0.15, -0.1) is 0 Å². The lowest BCUT2D eigenvalue weighted by Gasteiger charge is -2.01. The lowest BCUT2D eigenvalue weighted by Crippen LogP contribution is -1.89. The van der Waals surface area contributed by atoms with Crippen molar-refractivity contribution in [2.45, 2.75) is 87.0 Å². The quantitative estimate of drug-likeness (QED) is 0.544. The highest BCUT2D eigenvalue weighted by atomic mass is 19.1. The van der Waals surface area contributed by atoms with Crippen LogP contribution >= 0.6 is 0 Å². The monoisotopic (exact) mass is 314 g/mol. The van der Waals surface area contributed by atoms with Crippen molar-refractivity contribution < 1.29 is 9.13 Å². The fraction of sp³-hybridized carbons (Fsp3) is 0.700. The number of unbranched alkanes of at least 4 members (excludes halogenated alkanes) is 4. The van der Waals surface area contributed by atoms with E-state index in [1.165, 1.54) is 45.6 Å². The average Bonchev–Trinajstić information content (AvgIpc) is 2.55. The number of hydrogen-bond acceptors (Lipinski definition) is 1. The zero-order valence-electron chi connectivity index (χ0n) is 16.3. The van der Waals surface area contributed by atoms with E-state index in [4.69, 9.17) is 4.74 Å². The molecule has 0 saturated heterocycles. The molecule has 0 aliphatic heterocycles. The molecule has 1 aromatic rings. The van der Waals surface area contributed by atoms with Gasteiger partial charge in [0.15, 0.2) is 11.6 Å². The highest BCUT2D eigenvalue weighted by molar-refractivity contribution is 5.29. The molecule has 0 radical (unpaired) electrons. The minimum atomic E-state index is -0.273. The third-order valence-corrected chi connectivity index (χ3v) is 2.79. The molecule has 0 saturated carbocycles. The first-order valence-corrected chi connectivity index (χ1v) is 8.87.